The molecule has 172 valence electrons. The molecule has 0 radical (unpaired) electrons. The van der Waals surface area contributed by atoms with Gasteiger partial charge in [0.05, 0.1) is 23.8 Å². The molecule has 0 saturated carbocycles. The first-order valence-electron chi connectivity index (χ1n) is 9.71. The Kier molecular flexibility index (Phi) is 6.45. The molecule has 2 atom stereocenters. The molecule has 0 amide bonds. The number of nitrogens with zero attached hydrogens (tertiary/aromatic N) is 5. The second kappa shape index (κ2) is 9.30. The van der Waals surface area contributed by atoms with Gasteiger partial charge in [-0.3, -0.25) is 10.0 Å². The molecule has 10 nitrogen and oxygen atoms in total. The number of ether oxygens (including phenoxy) is 1. The molecule has 2 heterocycles. The summed E-state index contributed by atoms with van der Waals surface area (Å²) in [5.41, 5.74) is -0.322. The standard InChI is InChI=1S/C20H18F2N6O4S/c1-26-11-24-17-4-2-13(8-14(17)20(26)29)32-19-15(9-23)18(5-3-16(19)22)25-33(31)28(30)27-7-6-12(21)10-27/h2-5,8,11-12,25,30H,6-7,10H2,1H3. The smallest absolute Gasteiger partial charge is 0.261 e. The summed E-state index contributed by atoms with van der Waals surface area (Å²) in [6.45, 7) is 0.0212. The van der Waals surface area contributed by atoms with Crippen molar-refractivity contribution in [2.75, 3.05) is 17.8 Å². The summed E-state index contributed by atoms with van der Waals surface area (Å²) >= 11 is -2.30. The Labute approximate surface area is 189 Å². The van der Waals surface area contributed by atoms with Crippen LogP contribution in [-0.4, -0.2) is 48.2 Å². The van der Waals surface area contributed by atoms with Crippen LogP contribution >= 0.6 is 0 Å². The van der Waals surface area contributed by atoms with Gasteiger partial charge in [-0.25, -0.2) is 13.8 Å². The molecule has 4 rings (SSSR count). The fourth-order valence-corrected chi connectivity index (χ4v) is 4.12. The molecule has 33 heavy (non-hydrogen) atoms. The number of benzene rings is 2. The lowest BCUT2D eigenvalue weighted by Gasteiger charge is -2.24. The Morgan fingerprint density at radius 1 is 1.42 bits per heavy atom. The zero-order valence-electron chi connectivity index (χ0n) is 17.2. The van der Waals surface area contributed by atoms with Crippen LogP contribution in [0.2, 0.25) is 0 Å². The van der Waals surface area contributed by atoms with Crippen molar-refractivity contribution >= 4 is 28.1 Å². The van der Waals surface area contributed by atoms with Crippen LogP contribution < -0.4 is 15.0 Å². The van der Waals surface area contributed by atoms with Crippen molar-refractivity contribution in [3.63, 3.8) is 0 Å². The quantitative estimate of drug-likeness (QED) is 0.407. The third-order valence-corrected chi connectivity index (χ3v) is 5.95. The first-order chi connectivity index (χ1) is 15.8. The minimum absolute atomic E-state index is 0.0797. The normalized spacial score (nSPS) is 17.3. The lowest BCUT2D eigenvalue weighted by molar-refractivity contribution is -0.157. The van der Waals surface area contributed by atoms with E-state index in [9.17, 15) is 28.6 Å². The summed E-state index contributed by atoms with van der Waals surface area (Å²) in [7, 11) is 1.53. The Morgan fingerprint density at radius 3 is 2.91 bits per heavy atom. The second-order valence-corrected chi connectivity index (χ2v) is 8.28. The number of hydrazine groups is 1. The Balaban J connectivity index is 1.62. The van der Waals surface area contributed by atoms with Gasteiger partial charge in [0.15, 0.2) is 11.6 Å². The number of aryl methyl sites for hydroxylation is 1. The molecular weight excluding hydrogens is 458 g/mol. The molecular formula is C20H18F2N6O4S. The highest BCUT2D eigenvalue weighted by molar-refractivity contribution is 7.90. The molecule has 2 N–H and O–H groups in total. The van der Waals surface area contributed by atoms with Gasteiger partial charge in [-0.05, 0) is 36.8 Å². The number of aromatic nitrogens is 2. The summed E-state index contributed by atoms with van der Waals surface area (Å²) in [4.78, 5) is 16.5. The van der Waals surface area contributed by atoms with Gasteiger partial charge >= 0.3 is 0 Å². The lowest BCUT2D eigenvalue weighted by Crippen LogP contribution is -2.45. The number of anilines is 1. The summed E-state index contributed by atoms with van der Waals surface area (Å²) in [5, 5.41) is 21.1. The van der Waals surface area contributed by atoms with Gasteiger partial charge in [0.1, 0.15) is 33.8 Å². The number of nitrogens with one attached hydrogen (secondary N) is 1. The van der Waals surface area contributed by atoms with Gasteiger partial charge in [-0.1, -0.05) is 0 Å². The van der Waals surface area contributed by atoms with Crippen molar-refractivity contribution < 1.29 is 23.3 Å². The molecule has 0 spiro atoms. The van der Waals surface area contributed by atoms with Gasteiger partial charge in [0.2, 0.25) is 11.5 Å². The third kappa shape index (κ3) is 4.61. The predicted octanol–water partition coefficient (Wildman–Crippen LogP) is 2.38. The lowest BCUT2D eigenvalue weighted by atomic mass is 10.1. The van der Waals surface area contributed by atoms with Gasteiger partial charge in [-0.2, -0.15) is 15.0 Å². The van der Waals surface area contributed by atoms with E-state index in [1.165, 1.54) is 36.1 Å². The minimum Gasteiger partial charge on any atom is -0.570 e. The zero-order valence-corrected chi connectivity index (χ0v) is 18.1. The van der Waals surface area contributed by atoms with Gasteiger partial charge < -0.3 is 13.9 Å². The molecule has 1 saturated heterocycles. The van der Waals surface area contributed by atoms with Crippen molar-refractivity contribution in [1.29, 1.82) is 5.26 Å². The molecule has 0 aliphatic carbocycles. The molecule has 13 heteroatoms. The summed E-state index contributed by atoms with van der Waals surface area (Å²) in [5.74, 6) is -1.26. The molecule has 2 unspecified atom stereocenters. The van der Waals surface area contributed by atoms with Crippen molar-refractivity contribution in [2.24, 2.45) is 7.05 Å². The van der Waals surface area contributed by atoms with E-state index in [-0.39, 0.29) is 47.5 Å². The number of nitriles is 1. The van der Waals surface area contributed by atoms with Crippen LogP contribution in [0.1, 0.15) is 12.0 Å². The second-order valence-electron chi connectivity index (χ2n) is 7.26. The summed E-state index contributed by atoms with van der Waals surface area (Å²) in [6.07, 6.45) is 0.385. The highest BCUT2D eigenvalue weighted by Crippen LogP contribution is 2.34. The Morgan fingerprint density at radius 2 is 2.21 bits per heavy atom. The molecule has 1 aliphatic heterocycles. The third-order valence-electron chi connectivity index (χ3n) is 5.03. The highest BCUT2D eigenvalue weighted by Gasteiger charge is 2.34. The Bertz CT molecular complexity index is 1300. The van der Waals surface area contributed by atoms with E-state index >= 15 is 0 Å². The average molecular weight is 476 g/mol. The van der Waals surface area contributed by atoms with Gasteiger partial charge in [0.25, 0.3) is 5.56 Å². The average Bonchev–Trinajstić information content (AvgIpc) is 3.24. The minimum atomic E-state index is -2.30. The maximum atomic E-state index is 14.6. The number of hydrogen-bond acceptors (Lipinski definition) is 9. The first kappa shape index (κ1) is 22.9. The van der Waals surface area contributed by atoms with Crippen molar-refractivity contribution in [3.05, 3.63) is 58.4 Å². The SMILES string of the molecule is Cn1cnc2ccc(Oc3c(F)ccc(N[S+]([O-])N(O)N4CCC(F)C4)c3C#N)cc2c1=O. The van der Waals surface area contributed by atoms with E-state index in [1.807, 2.05) is 0 Å². The zero-order chi connectivity index (χ0) is 23.7. The van der Waals surface area contributed by atoms with Crippen LogP contribution in [-0.2, 0) is 18.6 Å². The summed E-state index contributed by atoms with van der Waals surface area (Å²) < 4.78 is 50.0. The van der Waals surface area contributed by atoms with Crippen molar-refractivity contribution in [3.8, 4) is 17.6 Å². The molecule has 2 aromatic carbocycles. The van der Waals surface area contributed by atoms with E-state index in [4.69, 9.17) is 4.74 Å². The van der Waals surface area contributed by atoms with Crippen LogP contribution in [0.4, 0.5) is 14.5 Å². The highest BCUT2D eigenvalue weighted by atomic mass is 32.2. The van der Waals surface area contributed by atoms with E-state index in [0.717, 1.165) is 17.1 Å². The maximum Gasteiger partial charge on any atom is 0.261 e. The Hall–Kier alpha value is -3.28. The van der Waals surface area contributed by atoms with Crippen LogP contribution in [0, 0.1) is 17.1 Å². The van der Waals surface area contributed by atoms with E-state index in [2.05, 4.69) is 9.71 Å². The molecule has 1 aliphatic rings. The number of hydrogen-bond donors (Lipinski definition) is 2. The fraction of sp³-hybridized carbons (Fsp3) is 0.250. The van der Waals surface area contributed by atoms with Gasteiger partial charge in [-0.15, -0.1) is 0 Å². The van der Waals surface area contributed by atoms with E-state index in [0.29, 0.717) is 10.1 Å². The monoisotopic (exact) mass is 476 g/mol. The van der Waals surface area contributed by atoms with Crippen LogP contribution in [0.25, 0.3) is 10.9 Å². The van der Waals surface area contributed by atoms with E-state index < -0.39 is 29.3 Å². The number of rotatable bonds is 6. The van der Waals surface area contributed by atoms with Crippen LogP contribution in [0.3, 0.4) is 0 Å². The molecule has 3 aromatic rings. The first-order valence-corrected chi connectivity index (χ1v) is 10.8. The van der Waals surface area contributed by atoms with Crippen LogP contribution in [0.5, 0.6) is 11.5 Å². The van der Waals surface area contributed by atoms with E-state index in [1.54, 1.807) is 6.07 Å². The fourth-order valence-electron chi connectivity index (χ4n) is 3.32. The topological polar surface area (TPSA) is 130 Å². The number of fused-ring (bicyclic) bond motifs is 1. The van der Waals surface area contributed by atoms with Gasteiger partial charge in [0, 0.05) is 13.6 Å². The maximum absolute atomic E-state index is 14.6. The summed E-state index contributed by atoms with van der Waals surface area (Å²) in [6, 6.07) is 8.30. The number of halogens is 2. The largest absolute Gasteiger partial charge is 0.570 e. The predicted molar refractivity (Wildman–Crippen MR) is 115 cm³/mol. The molecule has 0 bridgehead atoms. The number of alkyl halides is 1. The molecule has 1 fully saturated rings. The molecule has 1 aromatic heterocycles. The van der Waals surface area contributed by atoms with Crippen LogP contribution in [0.15, 0.2) is 41.5 Å². The van der Waals surface area contributed by atoms with Crippen molar-refractivity contribution in [2.45, 2.75) is 12.6 Å². The van der Waals surface area contributed by atoms with Crippen molar-refractivity contribution in [1.82, 2.24) is 19.1 Å².